The Morgan fingerprint density at radius 2 is 2.42 bits per heavy atom. The van der Waals surface area contributed by atoms with E-state index in [1.807, 2.05) is 13.8 Å². The van der Waals surface area contributed by atoms with Crippen molar-refractivity contribution >= 4 is 0 Å². The molecule has 3 nitrogen and oxygen atoms in total. The number of nitrogens with two attached hydrogens (primary N) is 1. The Morgan fingerprint density at radius 3 is 3.00 bits per heavy atom. The molecule has 3 unspecified atom stereocenters. The number of rotatable bonds is 3. The summed E-state index contributed by atoms with van der Waals surface area (Å²) in [4.78, 5) is 0. The lowest BCUT2D eigenvalue weighted by atomic mass is 9.91. The Bertz CT molecular complexity index is 126. The van der Waals surface area contributed by atoms with Crippen molar-refractivity contribution in [3.63, 3.8) is 0 Å². The molecule has 1 saturated heterocycles. The molecule has 3 heteroatoms. The maximum absolute atomic E-state index is 5.85. The minimum atomic E-state index is 0.212. The molecule has 2 N–H and O–H groups in total. The zero-order chi connectivity index (χ0) is 8.97. The smallest absolute Gasteiger partial charge is 0.0851 e. The van der Waals surface area contributed by atoms with Crippen molar-refractivity contribution in [3.05, 3.63) is 0 Å². The second kappa shape index (κ2) is 4.80. The fraction of sp³-hybridized carbons (Fsp3) is 1.00. The van der Waals surface area contributed by atoms with Gasteiger partial charge in [0.2, 0.25) is 0 Å². The molecule has 0 aromatic carbocycles. The Hall–Kier alpha value is -0.120. The molecule has 0 radical (unpaired) electrons. The summed E-state index contributed by atoms with van der Waals surface area (Å²) in [5, 5.41) is 0. The molecule has 0 saturated carbocycles. The summed E-state index contributed by atoms with van der Waals surface area (Å²) in [5.41, 5.74) is 5.85. The second-order valence-electron chi connectivity index (χ2n) is 3.38. The van der Waals surface area contributed by atoms with Crippen LogP contribution in [0, 0.1) is 5.92 Å². The van der Waals surface area contributed by atoms with Crippen LogP contribution in [0.4, 0.5) is 0 Å². The van der Waals surface area contributed by atoms with Crippen LogP contribution in [0.1, 0.15) is 20.3 Å². The molecular weight excluding hydrogens is 154 g/mol. The summed E-state index contributed by atoms with van der Waals surface area (Å²) in [6.45, 7) is 6.34. The van der Waals surface area contributed by atoms with Crippen LogP contribution in [0.2, 0.25) is 0 Å². The van der Waals surface area contributed by atoms with Gasteiger partial charge in [-0.3, -0.25) is 0 Å². The summed E-state index contributed by atoms with van der Waals surface area (Å²) in [7, 11) is 0. The van der Waals surface area contributed by atoms with Crippen molar-refractivity contribution < 1.29 is 9.47 Å². The number of hydrogen-bond donors (Lipinski definition) is 1. The maximum atomic E-state index is 5.85. The topological polar surface area (TPSA) is 44.5 Å². The van der Waals surface area contributed by atoms with E-state index in [4.69, 9.17) is 15.2 Å². The zero-order valence-corrected chi connectivity index (χ0v) is 7.95. The molecule has 0 spiro atoms. The fourth-order valence-corrected chi connectivity index (χ4v) is 1.72. The molecule has 12 heavy (non-hydrogen) atoms. The lowest BCUT2D eigenvalue weighted by Crippen LogP contribution is -2.43. The van der Waals surface area contributed by atoms with Crippen LogP contribution in [-0.2, 0) is 9.47 Å². The van der Waals surface area contributed by atoms with Gasteiger partial charge in [-0.25, -0.2) is 0 Å². The minimum Gasteiger partial charge on any atom is -0.379 e. The lowest BCUT2D eigenvalue weighted by Gasteiger charge is -2.33. The first-order valence-corrected chi connectivity index (χ1v) is 4.70. The number of hydrogen-bond acceptors (Lipinski definition) is 3. The highest BCUT2D eigenvalue weighted by molar-refractivity contribution is 4.80. The predicted molar refractivity (Wildman–Crippen MR) is 48.0 cm³/mol. The zero-order valence-electron chi connectivity index (χ0n) is 7.95. The molecule has 0 aliphatic carbocycles. The molecule has 72 valence electrons. The third kappa shape index (κ3) is 2.44. The fourth-order valence-electron chi connectivity index (χ4n) is 1.72. The highest BCUT2D eigenvalue weighted by Crippen LogP contribution is 2.20. The normalized spacial score (nSPS) is 33.2. The van der Waals surface area contributed by atoms with Crippen molar-refractivity contribution in [1.29, 1.82) is 0 Å². The van der Waals surface area contributed by atoms with Crippen molar-refractivity contribution in [2.24, 2.45) is 11.7 Å². The van der Waals surface area contributed by atoms with E-state index in [-0.39, 0.29) is 12.1 Å². The summed E-state index contributed by atoms with van der Waals surface area (Å²) in [5.74, 6) is 0.471. The van der Waals surface area contributed by atoms with E-state index in [1.54, 1.807) is 0 Å². The Labute approximate surface area is 74.2 Å². The molecular formula is C9H19NO2. The van der Waals surface area contributed by atoms with E-state index < -0.39 is 0 Å². The first-order valence-electron chi connectivity index (χ1n) is 4.70. The Balaban J connectivity index is 2.42. The third-order valence-corrected chi connectivity index (χ3v) is 2.41. The molecule has 0 aromatic rings. The maximum Gasteiger partial charge on any atom is 0.0851 e. The summed E-state index contributed by atoms with van der Waals surface area (Å²) >= 11 is 0. The number of ether oxygens (including phenoxy) is 2. The molecule has 1 fully saturated rings. The van der Waals surface area contributed by atoms with Crippen molar-refractivity contribution in [1.82, 2.24) is 0 Å². The molecule has 1 aliphatic heterocycles. The van der Waals surface area contributed by atoms with Crippen molar-refractivity contribution in [2.45, 2.75) is 32.4 Å². The molecule has 1 aliphatic rings. The van der Waals surface area contributed by atoms with E-state index >= 15 is 0 Å². The van der Waals surface area contributed by atoms with E-state index in [9.17, 15) is 0 Å². The van der Waals surface area contributed by atoms with Gasteiger partial charge in [0.05, 0.1) is 12.7 Å². The van der Waals surface area contributed by atoms with E-state index in [0.29, 0.717) is 12.5 Å². The highest BCUT2D eigenvalue weighted by Gasteiger charge is 2.28. The summed E-state index contributed by atoms with van der Waals surface area (Å²) in [6.07, 6.45) is 1.24. The molecule has 1 heterocycles. The highest BCUT2D eigenvalue weighted by atomic mass is 16.5. The van der Waals surface area contributed by atoms with Gasteiger partial charge in [0.25, 0.3) is 0 Å². The Morgan fingerprint density at radius 1 is 1.67 bits per heavy atom. The van der Waals surface area contributed by atoms with E-state index in [0.717, 1.165) is 19.6 Å². The van der Waals surface area contributed by atoms with Gasteiger partial charge in [-0.1, -0.05) is 0 Å². The lowest BCUT2D eigenvalue weighted by molar-refractivity contribution is -0.0848. The average molecular weight is 173 g/mol. The molecule has 3 atom stereocenters. The van der Waals surface area contributed by atoms with Crippen LogP contribution in [0.25, 0.3) is 0 Å². The predicted octanol–water partition coefficient (Wildman–Crippen LogP) is 0.775. The van der Waals surface area contributed by atoms with Gasteiger partial charge in [-0.05, 0) is 20.3 Å². The van der Waals surface area contributed by atoms with E-state index in [2.05, 4.69) is 0 Å². The van der Waals surface area contributed by atoms with Gasteiger partial charge in [0.15, 0.2) is 0 Å². The van der Waals surface area contributed by atoms with Crippen molar-refractivity contribution in [2.75, 3.05) is 19.8 Å². The van der Waals surface area contributed by atoms with E-state index in [1.165, 1.54) is 0 Å². The molecule has 1 rings (SSSR count). The Kier molecular flexibility index (Phi) is 3.98. The van der Waals surface area contributed by atoms with Gasteiger partial charge in [-0.15, -0.1) is 0 Å². The SMILES string of the molecule is CCOC1COCCC1C(C)N. The second-order valence-corrected chi connectivity index (χ2v) is 3.38. The van der Waals surface area contributed by atoms with Crippen molar-refractivity contribution in [3.8, 4) is 0 Å². The average Bonchev–Trinajstić information content (AvgIpc) is 2.05. The van der Waals surface area contributed by atoms with Crippen LogP contribution >= 0.6 is 0 Å². The third-order valence-electron chi connectivity index (χ3n) is 2.41. The first kappa shape index (κ1) is 9.96. The van der Waals surface area contributed by atoms with Gasteiger partial charge in [0, 0.05) is 25.2 Å². The van der Waals surface area contributed by atoms with Crippen LogP contribution < -0.4 is 5.73 Å². The van der Waals surface area contributed by atoms with Gasteiger partial charge in [0.1, 0.15) is 0 Å². The summed E-state index contributed by atoms with van der Waals surface area (Å²) in [6, 6.07) is 0.213. The summed E-state index contributed by atoms with van der Waals surface area (Å²) < 4.78 is 10.9. The molecule has 0 aromatic heterocycles. The molecule has 0 amide bonds. The van der Waals surface area contributed by atoms with Gasteiger partial charge >= 0.3 is 0 Å². The minimum absolute atomic E-state index is 0.212. The van der Waals surface area contributed by atoms with Gasteiger partial charge in [-0.2, -0.15) is 0 Å². The van der Waals surface area contributed by atoms with Gasteiger partial charge < -0.3 is 15.2 Å². The van der Waals surface area contributed by atoms with Crippen LogP contribution in [0.5, 0.6) is 0 Å². The largest absolute Gasteiger partial charge is 0.379 e. The van der Waals surface area contributed by atoms with Crippen LogP contribution in [0.15, 0.2) is 0 Å². The van der Waals surface area contributed by atoms with Crippen LogP contribution in [-0.4, -0.2) is 32.0 Å². The molecule has 0 bridgehead atoms. The first-order chi connectivity index (χ1) is 5.75. The van der Waals surface area contributed by atoms with Crippen LogP contribution in [0.3, 0.4) is 0 Å². The quantitative estimate of drug-likeness (QED) is 0.685. The monoisotopic (exact) mass is 173 g/mol. The standard InChI is InChI=1S/C9H19NO2/c1-3-12-9-6-11-5-4-8(9)7(2)10/h7-9H,3-6,10H2,1-2H3.